The van der Waals surface area contributed by atoms with Crippen molar-refractivity contribution >= 4 is 23.0 Å². The third-order valence-corrected chi connectivity index (χ3v) is 4.51. The molecule has 0 heterocycles. The van der Waals surface area contributed by atoms with Gasteiger partial charge in [0.05, 0.1) is 10.7 Å². The predicted octanol–water partition coefficient (Wildman–Crippen LogP) is 3.13. The van der Waals surface area contributed by atoms with E-state index in [-0.39, 0.29) is 0 Å². The summed E-state index contributed by atoms with van der Waals surface area (Å²) in [7, 11) is 4.31. The zero-order chi connectivity index (χ0) is 13.3. The van der Waals surface area contributed by atoms with Gasteiger partial charge in [-0.2, -0.15) is 0 Å². The fourth-order valence-corrected chi connectivity index (χ4v) is 2.68. The molecule has 3 nitrogen and oxygen atoms in total. The van der Waals surface area contributed by atoms with Crippen molar-refractivity contribution < 1.29 is 0 Å². The van der Waals surface area contributed by atoms with Crippen LogP contribution in [0.4, 0.5) is 11.4 Å². The van der Waals surface area contributed by atoms with Crippen LogP contribution in [-0.4, -0.2) is 31.1 Å². The molecule has 0 saturated heterocycles. The summed E-state index contributed by atoms with van der Waals surface area (Å²) in [6.45, 7) is 3.01. The van der Waals surface area contributed by atoms with Crippen molar-refractivity contribution in [1.82, 2.24) is 4.90 Å². The van der Waals surface area contributed by atoms with E-state index in [4.69, 9.17) is 17.3 Å². The minimum absolute atomic E-state index is 0.306. The van der Waals surface area contributed by atoms with E-state index in [0.717, 1.165) is 17.8 Å². The zero-order valence-corrected chi connectivity index (χ0v) is 12.1. The number of hydrogen-bond donors (Lipinski definition) is 2. The number of nitrogens with zero attached hydrogens (tertiary/aromatic N) is 1. The standard InChI is InChI=1S/C14H22ClN3/c1-10-7-12(16)11(15)8-13(10)17-9-14(18(2)3)5-4-6-14/h7-8,17H,4-6,9,16H2,1-3H3. The molecule has 0 bridgehead atoms. The number of aryl methyl sites for hydroxylation is 1. The fraction of sp³-hybridized carbons (Fsp3) is 0.571. The van der Waals surface area contributed by atoms with Crippen molar-refractivity contribution in [2.24, 2.45) is 0 Å². The Labute approximate surface area is 114 Å². The van der Waals surface area contributed by atoms with Crippen molar-refractivity contribution in [3.63, 3.8) is 0 Å². The van der Waals surface area contributed by atoms with E-state index in [1.165, 1.54) is 19.3 Å². The summed E-state index contributed by atoms with van der Waals surface area (Å²) in [5.41, 5.74) is 8.97. The summed E-state index contributed by atoms with van der Waals surface area (Å²) in [4.78, 5) is 2.33. The first-order valence-electron chi connectivity index (χ1n) is 6.41. The number of rotatable bonds is 4. The van der Waals surface area contributed by atoms with E-state index in [1.807, 2.05) is 12.1 Å². The first kappa shape index (κ1) is 13.5. The van der Waals surface area contributed by atoms with Gasteiger partial charge in [0.25, 0.3) is 0 Å². The molecule has 0 unspecified atom stereocenters. The minimum Gasteiger partial charge on any atom is -0.398 e. The quantitative estimate of drug-likeness (QED) is 0.824. The number of nitrogens with one attached hydrogen (secondary N) is 1. The summed E-state index contributed by atoms with van der Waals surface area (Å²) < 4.78 is 0. The Kier molecular flexibility index (Phi) is 3.74. The fourth-order valence-electron chi connectivity index (χ4n) is 2.52. The summed E-state index contributed by atoms with van der Waals surface area (Å²) in [6.07, 6.45) is 3.84. The minimum atomic E-state index is 0.306. The van der Waals surface area contributed by atoms with Gasteiger partial charge in [0.1, 0.15) is 0 Å². The SMILES string of the molecule is Cc1cc(N)c(Cl)cc1NCC1(N(C)C)CCC1. The molecule has 1 saturated carbocycles. The van der Waals surface area contributed by atoms with Gasteiger partial charge < -0.3 is 16.0 Å². The molecule has 0 aliphatic heterocycles. The molecule has 3 N–H and O–H groups in total. The maximum Gasteiger partial charge on any atom is 0.0656 e. The van der Waals surface area contributed by atoms with E-state index >= 15 is 0 Å². The van der Waals surface area contributed by atoms with Gasteiger partial charge in [-0.15, -0.1) is 0 Å². The molecule has 18 heavy (non-hydrogen) atoms. The molecular formula is C14H22ClN3. The molecule has 1 aromatic rings. The molecule has 0 amide bonds. The van der Waals surface area contributed by atoms with Gasteiger partial charge in [0.2, 0.25) is 0 Å². The number of anilines is 2. The van der Waals surface area contributed by atoms with Crippen molar-refractivity contribution in [3.05, 3.63) is 22.7 Å². The summed E-state index contributed by atoms with van der Waals surface area (Å²) in [5.74, 6) is 0. The normalized spacial score (nSPS) is 17.6. The smallest absolute Gasteiger partial charge is 0.0656 e. The molecule has 0 radical (unpaired) electrons. The summed E-state index contributed by atoms with van der Waals surface area (Å²) in [6, 6.07) is 3.85. The van der Waals surface area contributed by atoms with E-state index in [1.54, 1.807) is 0 Å². The lowest BCUT2D eigenvalue weighted by Crippen LogP contribution is -2.54. The number of benzene rings is 1. The predicted molar refractivity (Wildman–Crippen MR) is 79.4 cm³/mol. The van der Waals surface area contributed by atoms with Crippen LogP contribution in [0, 0.1) is 6.92 Å². The Balaban J connectivity index is 2.08. The Hall–Kier alpha value is -0.930. The molecule has 1 aliphatic rings. The van der Waals surface area contributed by atoms with Crippen molar-refractivity contribution in [1.29, 1.82) is 0 Å². The third-order valence-electron chi connectivity index (χ3n) is 4.18. The number of nitrogen functional groups attached to an aromatic ring is 1. The van der Waals surface area contributed by atoms with Gasteiger partial charge in [-0.05, 0) is 58.0 Å². The number of halogens is 1. The maximum absolute atomic E-state index is 6.07. The highest BCUT2D eigenvalue weighted by atomic mass is 35.5. The molecule has 1 aliphatic carbocycles. The molecule has 1 aromatic carbocycles. The average molecular weight is 268 g/mol. The maximum atomic E-state index is 6.07. The molecule has 4 heteroatoms. The van der Waals surface area contributed by atoms with Crippen LogP contribution >= 0.6 is 11.6 Å². The Morgan fingerprint density at radius 1 is 1.39 bits per heavy atom. The van der Waals surface area contributed by atoms with Gasteiger partial charge in [-0.1, -0.05) is 11.6 Å². The molecule has 0 spiro atoms. The third kappa shape index (κ3) is 2.43. The lowest BCUT2D eigenvalue weighted by Gasteiger charge is -2.47. The van der Waals surface area contributed by atoms with Gasteiger partial charge in [0.15, 0.2) is 0 Å². The first-order chi connectivity index (χ1) is 8.44. The average Bonchev–Trinajstić information content (AvgIpc) is 2.23. The monoisotopic (exact) mass is 267 g/mol. The molecule has 0 atom stereocenters. The summed E-state index contributed by atoms with van der Waals surface area (Å²) >= 11 is 6.07. The van der Waals surface area contributed by atoms with Crippen LogP contribution in [0.5, 0.6) is 0 Å². The van der Waals surface area contributed by atoms with E-state index in [2.05, 4.69) is 31.2 Å². The molecule has 1 fully saturated rings. The Morgan fingerprint density at radius 2 is 2.06 bits per heavy atom. The lowest BCUT2D eigenvalue weighted by molar-refractivity contribution is 0.0739. The van der Waals surface area contributed by atoms with Crippen LogP contribution < -0.4 is 11.1 Å². The van der Waals surface area contributed by atoms with Crippen LogP contribution in [0.2, 0.25) is 5.02 Å². The second-order valence-electron chi connectivity index (χ2n) is 5.51. The topological polar surface area (TPSA) is 41.3 Å². The number of likely N-dealkylation sites (N-methyl/N-ethyl adjacent to an activating group) is 1. The van der Waals surface area contributed by atoms with E-state index in [0.29, 0.717) is 16.2 Å². The van der Waals surface area contributed by atoms with Gasteiger partial charge >= 0.3 is 0 Å². The second kappa shape index (κ2) is 4.98. The van der Waals surface area contributed by atoms with Crippen LogP contribution in [-0.2, 0) is 0 Å². The number of hydrogen-bond acceptors (Lipinski definition) is 3. The lowest BCUT2D eigenvalue weighted by atomic mass is 9.75. The largest absolute Gasteiger partial charge is 0.398 e. The first-order valence-corrected chi connectivity index (χ1v) is 6.79. The highest BCUT2D eigenvalue weighted by Gasteiger charge is 2.38. The number of nitrogens with two attached hydrogens (primary N) is 1. The van der Waals surface area contributed by atoms with Gasteiger partial charge in [-0.3, -0.25) is 0 Å². The van der Waals surface area contributed by atoms with Crippen molar-refractivity contribution in [2.75, 3.05) is 31.7 Å². The Morgan fingerprint density at radius 3 is 2.56 bits per heavy atom. The van der Waals surface area contributed by atoms with Crippen LogP contribution in [0.15, 0.2) is 12.1 Å². The molecule has 100 valence electrons. The van der Waals surface area contributed by atoms with Crippen molar-refractivity contribution in [3.8, 4) is 0 Å². The van der Waals surface area contributed by atoms with Crippen LogP contribution in [0.3, 0.4) is 0 Å². The van der Waals surface area contributed by atoms with Crippen LogP contribution in [0.1, 0.15) is 24.8 Å². The van der Waals surface area contributed by atoms with E-state index < -0.39 is 0 Å². The van der Waals surface area contributed by atoms with E-state index in [9.17, 15) is 0 Å². The second-order valence-corrected chi connectivity index (χ2v) is 5.92. The molecular weight excluding hydrogens is 246 g/mol. The highest BCUT2D eigenvalue weighted by Crippen LogP contribution is 2.37. The van der Waals surface area contributed by atoms with Crippen LogP contribution in [0.25, 0.3) is 0 Å². The molecule has 2 rings (SSSR count). The highest BCUT2D eigenvalue weighted by molar-refractivity contribution is 6.33. The van der Waals surface area contributed by atoms with Crippen molar-refractivity contribution in [2.45, 2.75) is 31.7 Å². The molecule has 0 aromatic heterocycles. The van der Waals surface area contributed by atoms with Gasteiger partial charge in [-0.25, -0.2) is 0 Å². The summed E-state index contributed by atoms with van der Waals surface area (Å²) in [5, 5.41) is 4.14. The Bertz CT molecular complexity index is 439. The van der Waals surface area contributed by atoms with Gasteiger partial charge in [0, 0.05) is 17.8 Å². The zero-order valence-electron chi connectivity index (χ0n) is 11.4.